The van der Waals surface area contributed by atoms with Gasteiger partial charge in [-0.15, -0.1) is 0 Å². The van der Waals surface area contributed by atoms with Crippen LogP contribution in [0.25, 0.3) is 11.0 Å². The van der Waals surface area contributed by atoms with Crippen LogP contribution < -0.4 is 10.1 Å². The first kappa shape index (κ1) is 16.2. The molecule has 0 aliphatic carbocycles. The lowest BCUT2D eigenvalue weighted by molar-refractivity contribution is 0.0708. The Bertz CT molecular complexity index is 861. The van der Waals surface area contributed by atoms with E-state index in [0.717, 1.165) is 15.8 Å². The van der Waals surface area contributed by atoms with Gasteiger partial charge in [0, 0.05) is 0 Å². The number of halogens is 2. The molecule has 0 radical (unpaired) electrons. The number of nitrogens with one attached hydrogen (secondary N) is 1. The molecule has 0 aliphatic heterocycles. The summed E-state index contributed by atoms with van der Waals surface area (Å²) in [6, 6.07) is 12.2. The van der Waals surface area contributed by atoms with Gasteiger partial charge in [0.15, 0.2) is 0 Å². The van der Waals surface area contributed by atoms with E-state index in [-0.39, 0.29) is 5.82 Å². The van der Waals surface area contributed by atoms with Crippen molar-refractivity contribution < 1.29 is 13.5 Å². The Morgan fingerprint density at radius 2 is 1.92 bits per heavy atom. The maximum atomic E-state index is 13.6. The van der Waals surface area contributed by atoms with Crippen LogP contribution in [0.2, 0.25) is 0 Å². The molecule has 4 nitrogen and oxygen atoms in total. The lowest BCUT2D eigenvalue weighted by Crippen LogP contribution is -2.15. The summed E-state index contributed by atoms with van der Waals surface area (Å²) in [6.45, 7) is 1.11. The first-order valence-corrected chi connectivity index (χ1v) is 7.67. The van der Waals surface area contributed by atoms with Crippen LogP contribution in [0.4, 0.5) is 14.5 Å². The molecule has 1 N–H and O–H groups in total. The number of fused-ring (bicyclic) bond motifs is 1. The van der Waals surface area contributed by atoms with Crippen molar-refractivity contribution in [3.8, 4) is 5.75 Å². The number of nitrogens with zero attached hydrogens (tertiary/aromatic N) is 2. The molecule has 3 rings (SSSR count). The van der Waals surface area contributed by atoms with E-state index in [9.17, 15) is 8.78 Å². The average molecular weight is 331 g/mol. The van der Waals surface area contributed by atoms with Gasteiger partial charge in [0.05, 0.1) is 29.9 Å². The average Bonchev–Trinajstić information content (AvgIpc) is 2.95. The summed E-state index contributed by atoms with van der Waals surface area (Å²) in [7, 11) is 1.58. The Kier molecular flexibility index (Phi) is 4.38. The maximum Gasteiger partial charge on any atom is 0.320 e. The van der Waals surface area contributed by atoms with Crippen LogP contribution in [-0.2, 0) is 0 Å². The fourth-order valence-corrected chi connectivity index (χ4v) is 2.81. The number of aryl methyl sites for hydroxylation is 1. The third kappa shape index (κ3) is 2.91. The van der Waals surface area contributed by atoms with E-state index < -0.39 is 12.6 Å². The molecule has 0 amide bonds. The molecule has 24 heavy (non-hydrogen) atoms. The van der Waals surface area contributed by atoms with Crippen molar-refractivity contribution in [3.05, 3.63) is 53.9 Å². The van der Waals surface area contributed by atoms with Crippen LogP contribution in [0.5, 0.6) is 5.75 Å². The van der Waals surface area contributed by atoms with E-state index >= 15 is 0 Å². The largest absolute Gasteiger partial charge is 0.495 e. The Balaban J connectivity index is 2.02. The second-order valence-electron chi connectivity index (χ2n) is 5.68. The van der Waals surface area contributed by atoms with Gasteiger partial charge in [0.2, 0.25) is 0 Å². The van der Waals surface area contributed by atoms with E-state index in [1.54, 1.807) is 31.4 Å². The number of hydrogen-bond acceptors (Lipinski definition) is 3. The second-order valence-corrected chi connectivity index (χ2v) is 5.68. The predicted molar refractivity (Wildman–Crippen MR) is 90.8 cm³/mol. The first-order valence-electron chi connectivity index (χ1n) is 7.67. The van der Waals surface area contributed by atoms with E-state index in [1.807, 2.05) is 32.0 Å². The fraction of sp³-hybridized carbons (Fsp3) is 0.278. The molecule has 0 aliphatic rings. The zero-order valence-corrected chi connectivity index (χ0v) is 13.8. The van der Waals surface area contributed by atoms with E-state index in [2.05, 4.69) is 10.3 Å². The molecule has 1 atom stereocenters. The van der Waals surface area contributed by atoms with Crippen LogP contribution in [-0.4, -0.2) is 16.7 Å². The van der Waals surface area contributed by atoms with Crippen molar-refractivity contribution in [2.45, 2.75) is 26.4 Å². The van der Waals surface area contributed by atoms with Gasteiger partial charge >= 0.3 is 6.55 Å². The van der Waals surface area contributed by atoms with Crippen molar-refractivity contribution in [1.82, 2.24) is 9.55 Å². The molecular formula is C18H19F2N3O. The van der Waals surface area contributed by atoms with Gasteiger partial charge in [-0.3, -0.25) is 4.57 Å². The number of benzene rings is 2. The highest BCUT2D eigenvalue weighted by Gasteiger charge is 2.22. The van der Waals surface area contributed by atoms with Crippen LogP contribution in [0, 0.1) is 6.92 Å². The monoisotopic (exact) mass is 331 g/mol. The van der Waals surface area contributed by atoms with Crippen molar-refractivity contribution in [2.75, 3.05) is 12.4 Å². The van der Waals surface area contributed by atoms with Gasteiger partial charge in [-0.05, 0) is 43.7 Å². The molecule has 0 saturated heterocycles. The number of aromatic nitrogens is 2. The van der Waals surface area contributed by atoms with Gasteiger partial charge in [-0.25, -0.2) is 4.98 Å². The molecule has 3 aromatic rings. The smallest absolute Gasteiger partial charge is 0.320 e. The summed E-state index contributed by atoms with van der Waals surface area (Å²) in [5.74, 6) is 0.946. The fourth-order valence-electron chi connectivity index (χ4n) is 2.81. The molecule has 0 saturated carbocycles. The molecule has 1 aromatic heterocycles. The minimum absolute atomic E-state index is 0.287. The second kappa shape index (κ2) is 6.47. The lowest BCUT2D eigenvalue weighted by Gasteiger charge is -2.19. The van der Waals surface area contributed by atoms with E-state index in [4.69, 9.17) is 4.74 Å². The number of alkyl halides is 2. The van der Waals surface area contributed by atoms with E-state index in [1.165, 1.54) is 0 Å². The van der Waals surface area contributed by atoms with Gasteiger partial charge < -0.3 is 10.1 Å². The van der Waals surface area contributed by atoms with Crippen LogP contribution in [0.15, 0.2) is 42.5 Å². The van der Waals surface area contributed by atoms with Gasteiger partial charge in [-0.2, -0.15) is 8.78 Å². The summed E-state index contributed by atoms with van der Waals surface area (Å²) in [6.07, 6.45) is 0. The standard InChI is InChI=1S/C18H19F2N3O/c1-11-8-9-16(24-3)14(10-11)21-12(2)17-22-13-6-4-5-7-15(13)23(17)18(19)20/h4-10,12,18,21H,1-3H3. The zero-order valence-electron chi connectivity index (χ0n) is 13.8. The summed E-state index contributed by atoms with van der Waals surface area (Å²) < 4.78 is 33.4. The van der Waals surface area contributed by atoms with E-state index in [0.29, 0.717) is 16.8 Å². The SMILES string of the molecule is COc1ccc(C)cc1NC(C)c1nc2ccccc2n1C(F)F. The summed E-state index contributed by atoms with van der Waals surface area (Å²) in [5, 5.41) is 3.23. The molecule has 0 bridgehead atoms. The van der Waals surface area contributed by atoms with Crippen molar-refractivity contribution in [2.24, 2.45) is 0 Å². The Labute approximate surface area is 139 Å². The van der Waals surface area contributed by atoms with Gasteiger partial charge in [-0.1, -0.05) is 18.2 Å². The number of imidazole rings is 1. The zero-order chi connectivity index (χ0) is 17.3. The molecule has 2 aromatic carbocycles. The number of para-hydroxylation sites is 2. The summed E-state index contributed by atoms with van der Waals surface area (Å²) in [4.78, 5) is 4.39. The molecule has 0 spiro atoms. The van der Waals surface area contributed by atoms with Crippen molar-refractivity contribution >= 4 is 16.7 Å². The third-order valence-corrected chi connectivity index (χ3v) is 3.93. The third-order valence-electron chi connectivity index (χ3n) is 3.93. The molecule has 6 heteroatoms. The summed E-state index contributed by atoms with van der Waals surface area (Å²) in [5.41, 5.74) is 2.77. The maximum absolute atomic E-state index is 13.6. The molecule has 0 fully saturated rings. The van der Waals surface area contributed by atoms with Crippen molar-refractivity contribution in [1.29, 1.82) is 0 Å². The Morgan fingerprint density at radius 3 is 2.62 bits per heavy atom. The van der Waals surface area contributed by atoms with Crippen LogP contribution in [0.1, 0.15) is 30.9 Å². The number of rotatable bonds is 5. The molecular weight excluding hydrogens is 312 g/mol. The quantitative estimate of drug-likeness (QED) is 0.721. The molecule has 1 unspecified atom stereocenters. The predicted octanol–water partition coefficient (Wildman–Crippen LogP) is 4.92. The topological polar surface area (TPSA) is 39.1 Å². The first-order chi connectivity index (χ1) is 11.5. The molecule has 1 heterocycles. The van der Waals surface area contributed by atoms with Crippen molar-refractivity contribution in [3.63, 3.8) is 0 Å². The number of ether oxygens (including phenoxy) is 1. The van der Waals surface area contributed by atoms with Crippen LogP contribution in [0.3, 0.4) is 0 Å². The highest BCUT2D eigenvalue weighted by atomic mass is 19.3. The Morgan fingerprint density at radius 1 is 1.17 bits per heavy atom. The molecule has 126 valence electrons. The number of anilines is 1. The normalized spacial score (nSPS) is 12.6. The Hall–Kier alpha value is -2.63. The number of methoxy groups -OCH3 is 1. The highest BCUT2D eigenvalue weighted by molar-refractivity contribution is 5.76. The number of hydrogen-bond donors (Lipinski definition) is 1. The summed E-state index contributed by atoms with van der Waals surface area (Å²) >= 11 is 0. The van der Waals surface area contributed by atoms with Gasteiger partial charge in [0.25, 0.3) is 0 Å². The van der Waals surface area contributed by atoms with Crippen LogP contribution >= 0.6 is 0 Å². The minimum Gasteiger partial charge on any atom is -0.495 e. The van der Waals surface area contributed by atoms with Gasteiger partial charge in [0.1, 0.15) is 11.6 Å². The lowest BCUT2D eigenvalue weighted by atomic mass is 10.2. The minimum atomic E-state index is -2.66. The highest BCUT2D eigenvalue weighted by Crippen LogP contribution is 2.32.